The molecule has 1 aliphatic rings. The fourth-order valence-corrected chi connectivity index (χ4v) is 4.44. The average molecular weight is 448 g/mol. The molecule has 2 N–H and O–H groups in total. The summed E-state index contributed by atoms with van der Waals surface area (Å²) in [7, 11) is 0. The highest BCUT2D eigenvalue weighted by atomic mass is 16.2. The Morgan fingerprint density at radius 3 is 2.52 bits per heavy atom. The van der Waals surface area contributed by atoms with Crippen LogP contribution >= 0.6 is 0 Å². The second kappa shape index (κ2) is 10.1. The fourth-order valence-electron chi connectivity index (χ4n) is 4.44. The second-order valence-electron chi connectivity index (χ2n) is 9.08. The number of amides is 3. The molecule has 174 valence electrons. The van der Waals surface area contributed by atoms with E-state index in [0.29, 0.717) is 18.9 Å². The average Bonchev–Trinajstić information content (AvgIpc) is 3.25. The number of hydrogen-bond acceptors (Lipinski definition) is 3. The summed E-state index contributed by atoms with van der Waals surface area (Å²) < 4.78 is 0. The van der Waals surface area contributed by atoms with Crippen LogP contribution in [0.2, 0.25) is 0 Å². The fraction of sp³-hybridized carbons (Fsp3) is 0.423. The summed E-state index contributed by atoms with van der Waals surface area (Å²) in [4.78, 5) is 37.6. The zero-order chi connectivity index (χ0) is 23.4. The van der Waals surface area contributed by atoms with Gasteiger partial charge in [-0.25, -0.2) is 9.78 Å². The number of anilines is 1. The monoisotopic (exact) mass is 447 g/mol. The van der Waals surface area contributed by atoms with E-state index in [1.807, 2.05) is 74.2 Å². The molecule has 0 atom stereocenters. The van der Waals surface area contributed by atoms with Crippen LogP contribution in [0, 0.1) is 6.92 Å². The number of H-pyrrole nitrogens is 1. The molecule has 3 aromatic rings. The molecule has 0 spiro atoms. The first-order chi connectivity index (χ1) is 15.9. The maximum Gasteiger partial charge on any atom is 0.322 e. The number of imidazole rings is 1. The number of urea groups is 1. The molecule has 7 nitrogen and oxygen atoms in total. The number of hydrogen-bond donors (Lipinski definition) is 2. The number of carbonyl (C=O) groups excluding carboxylic acids is 2. The van der Waals surface area contributed by atoms with E-state index >= 15 is 0 Å². The van der Waals surface area contributed by atoms with E-state index in [4.69, 9.17) is 4.98 Å². The van der Waals surface area contributed by atoms with Gasteiger partial charge in [-0.05, 0) is 57.4 Å². The number of aryl methyl sites for hydroxylation is 1. The van der Waals surface area contributed by atoms with E-state index in [0.717, 1.165) is 54.0 Å². The number of rotatable bonds is 6. The maximum atomic E-state index is 12.9. The van der Waals surface area contributed by atoms with Crippen LogP contribution in [-0.4, -0.2) is 57.4 Å². The quantitative estimate of drug-likeness (QED) is 0.563. The van der Waals surface area contributed by atoms with Crippen molar-refractivity contribution in [3.63, 3.8) is 0 Å². The molecule has 0 radical (unpaired) electrons. The van der Waals surface area contributed by atoms with Gasteiger partial charge in [-0.3, -0.25) is 4.79 Å². The van der Waals surface area contributed by atoms with Gasteiger partial charge in [0, 0.05) is 43.7 Å². The second-order valence-corrected chi connectivity index (χ2v) is 9.08. The number of aromatic amines is 1. The number of nitrogens with one attached hydrogen (secondary N) is 2. The van der Waals surface area contributed by atoms with E-state index in [1.54, 1.807) is 4.90 Å². The Kier molecular flexibility index (Phi) is 6.96. The highest BCUT2D eigenvalue weighted by Crippen LogP contribution is 2.28. The van der Waals surface area contributed by atoms with Gasteiger partial charge < -0.3 is 20.1 Å². The summed E-state index contributed by atoms with van der Waals surface area (Å²) >= 11 is 0. The number of fused-ring (bicyclic) bond motifs is 1. The Labute approximate surface area is 195 Å². The Morgan fingerprint density at radius 2 is 1.82 bits per heavy atom. The molecule has 1 aliphatic heterocycles. The molecule has 0 bridgehead atoms. The van der Waals surface area contributed by atoms with Crippen LogP contribution in [0.15, 0.2) is 48.5 Å². The molecule has 2 heterocycles. The molecule has 3 amide bonds. The van der Waals surface area contributed by atoms with Gasteiger partial charge in [0.1, 0.15) is 5.82 Å². The Balaban J connectivity index is 1.29. The smallest absolute Gasteiger partial charge is 0.322 e. The molecule has 0 aliphatic carbocycles. The van der Waals surface area contributed by atoms with Gasteiger partial charge in [0.2, 0.25) is 5.91 Å². The van der Waals surface area contributed by atoms with Gasteiger partial charge in [0.15, 0.2) is 0 Å². The van der Waals surface area contributed by atoms with E-state index < -0.39 is 0 Å². The largest absolute Gasteiger partial charge is 0.343 e. The van der Waals surface area contributed by atoms with E-state index in [1.165, 1.54) is 0 Å². The third-order valence-corrected chi connectivity index (χ3v) is 6.48. The van der Waals surface area contributed by atoms with Crippen molar-refractivity contribution in [1.82, 2.24) is 19.8 Å². The number of aromatic nitrogens is 2. The van der Waals surface area contributed by atoms with Crippen molar-refractivity contribution in [1.29, 1.82) is 0 Å². The predicted octanol–water partition coefficient (Wildman–Crippen LogP) is 4.91. The third kappa shape index (κ3) is 5.35. The van der Waals surface area contributed by atoms with E-state index in [-0.39, 0.29) is 18.0 Å². The van der Waals surface area contributed by atoms with Crippen molar-refractivity contribution in [2.24, 2.45) is 0 Å². The molecule has 0 unspecified atom stereocenters. The zero-order valence-corrected chi connectivity index (χ0v) is 19.7. The standard InChI is InChI=1S/C26H33N5O2/c1-18(2)31(26(33)29-21-9-5-4-8-19(21)3)17-14-24(32)30-15-12-20(13-16-30)25-27-22-10-6-7-11-23(22)28-25/h4-11,18,20H,12-17H2,1-3H3,(H,27,28)(H,29,33). The van der Waals surface area contributed by atoms with Gasteiger partial charge in [0.05, 0.1) is 11.0 Å². The summed E-state index contributed by atoms with van der Waals surface area (Å²) in [5, 5.41) is 2.98. The van der Waals surface area contributed by atoms with Crippen LogP contribution in [0.25, 0.3) is 11.0 Å². The molecule has 1 aromatic heterocycles. The lowest BCUT2D eigenvalue weighted by molar-refractivity contribution is -0.132. The van der Waals surface area contributed by atoms with Gasteiger partial charge >= 0.3 is 6.03 Å². The lowest BCUT2D eigenvalue weighted by atomic mass is 9.96. The Hall–Kier alpha value is -3.35. The summed E-state index contributed by atoms with van der Waals surface area (Å²) in [5.74, 6) is 1.46. The molecular weight excluding hydrogens is 414 g/mol. The third-order valence-electron chi connectivity index (χ3n) is 6.48. The minimum absolute atomic E-state index is 0.000592. The van der Waals surface area contributed by atoms with Crippen LogP contribution in [-0.2, 0) is 4.79 Å². The molecule has 4 rings (SSSR count). The lowest BCUT2D eigenvalue weighted by Crippen LogP contribution is -2.44. The lowest BCUT2D eigenvalue weighted by Gasteiger charge is -2.32. The van der Waals surface area contributed by atoms with Gasteiger partial charge in [0.25, 0.3) is 0 Å². The van der Waals surface area contributed by atoms with Crippen molar-refractivity contribution < 1.29 is 9.59 Å². The van der Waals surface area contributed by atoms with Gasteiger partial charge in [-0.2, -0.15) is 0 Å². The molecule has 2 aromatic carbocycles. The number of benzene rings is 2. The van der Waals surface area contributed by atoms with Crippen LogP contribution in [0.3, 0.4) is 0 Å². The predicted molar refractivity (Wildman–Crippen MR) is 131 cm³/mol. The molecule has 33 heavy (non-hydrogen) atoms. The van der Waals surface area contributed by atoms with E-state index in [2.05, 4.69) is 10.3 Å². The highest BCUT2D eigenvalue weighted by molar-refractivity contribution is 5.90. The molecule has 1 saturated heterocycles. The Morgan fingerprint density at radius 1 is 1.12 bits per heavy atom. The van der Waals surface area contributed by atoms with Crippen molar-refractivity contribution in [3.05, 3.63) is 59.9 Å². The van der Waals surface area contributed by atoms with Crippen LogP contribution in [0.5, 0.6) is 0 Å². The minimum Gasteiger partial charge on any atom is -0.343 e. The van der Waals surface area contributed by atoms with Crippen LogP contribution in [0.4, 0.5) is 10.5 Å². The molecular formula is C26H33N5O2. The van der Waals surface area contributed by atoms with Crippen LogP contribution < -0.4 is 5.32 Å². The zero-order valence-electron chi connectivity index (χ0n) is 19.7. The van der Waals surface area contributed by atoms with Crippen molar-refractivity contribution in [2.75, 3.05) is 25.0 Å². The molecule has 1 fully saturated rings. The first-order valence-electron chi connectivity index (χ1n) is 11.8. The molecule has 7 heteroatoms. The number of piperidine rings is 1. The first kappa shape index (κ1) is 22.8. The number of carbonyl (C=O) groups is 2. The van der Waals surface area contributed by atoms with Crippen molar-refractivity contribution >= 4 is 28.7 Å². The number of nitrogens with zero attached hydrogens (tertiary/aromatic N) is 3. The minimum atomic E-state index is -0.171. The SMILES string of the molecule is Cc1ccccc1NC(=O)N(CCC(=O)N1CCC(c2nc3ccccc3[nH]2)CC1)C(C)C. The maximum absolute atomic E-state index is 12.9. The highest BCUT2D eigenvalue weighted by Gasteiger charge is 2.27. The van der Waals surface area contributed by atoms with E-state index in [9.17, 15) is 9.59 Å². The van der Waals surface area contributed by atoms with Crippen molar-refractivity contribution in [3.8, 4) is 0 Å². The van der Waals surface area contributed by atoms with Crippen molar-refractivity contribution in [2.45, 2.75) is 52.0 Å². The first-order valence-corrected chi connectivity index (χ1v) is 11.8. The summed E-state index contributed by atoms with van der Waals surface area (Å²) in [6.45, 7) is 7.75. The van der Waals surface area contributed by atoms with Gasteiger partial charge in [-0.15, -0.1) is 0 Å². The Bertz CT molecular complexity index is 1080. The number of para-hydroxylation sites is 3. The van der Waals surface area contributed by atoms with Crippen LogP contribution in [0.1, 0.15) is 50.4 Å². The topological polar surface area (TPSA) is 81.3 Å². The summed E-state index contributed by atoms with van der Waals surface area (Å²) in [6.07, 6.45) is 2.12. The number of likely N-dealkylation sites (tertiary alicyclic amines) is 1. The summed E-state index contributed by atoms with van der Waals surface area (Å²) in [5.41, 5.74) is 3.86. The molecule has 0 saturated carbocycles. The summed E-state index contributed by atoms with van der Waals surface area (Å²) in [6, 6.07) is 15.6. The normalized spacial score (nSPS) is 14.6. The van der Waals surface area contributed by atoms with Gasteiger partial charge in [-0.1, -0.05) is 30.3 Å².